The van der Waals surface area contributed by atoms with Gasteiger partial charge in [0.05, 0.1) is 34.2 Å². The van der Waals surface area contributed by atoms with Crippen LogP contribution in [0.2, 0.25) is 0 Å². The molecule has 6 rings (SSSR count). The quantitative estimate of drug-likeness (QED) is 0.0853. The zero-order valence-corrected chi connectivity index (χ0v) is 40.8. The summed E-state index contributed by atoms with van der Waals surface area (Å²) in [6.07, 6.45) is 8.91. The van der Waals surface area contributed by atoms with Crippen LogP contribution in [0.1, 0.15) is 113 Å². The van der Waals surface area contributed by atoms with Gasteiger partial charge in [0.1, 0.15) is 0 Å². The molecule has 2 aromatic carbocycles. The van der Waals surface area contributed by atoms with Gasteiger partial charge in [0, 0.05) is 83.2 Å². The third kappa shape index (κ3) is 14.3. The summed E-state index contributed by atoms with van der Waals surface area (Å²) in [5.41, 5.74) is 15.0. The van der Waals surface area contributed by atoms with Crippen molar-refractivity contribution in [2.45, 2.75) is 91.9 Å². The van der Waals surface area contributed by atoms with E-state index in [0.717, 1.165) is 45.5 Å². The molecule has 0 unspecified atom stereocenters. The molecule has 0 spiro atoms. The summed E-state index contributed by atoms with van der Waals surface area (Å²) in [5.74, 6) is 1.18. The van der Waals surface area contributed by atoms with Crippen LogP contribution in [-0.2, 0) is 47.0 Å². The molecular weight excluding hydrogens is 914 g/mol. The molecule has 0 bridgehead atoms. The predicted octanol–water partition coefficient (Wildman–Crippen LogP) is 14.3. The van der Waals surface area contributed by atoms with E-state index in [2.05, 4.69) is 102 Å². The smallest absolute Gasteiger partial charge is 0.0889 e. The Hall–Kier alpha value is -3.42. The third-order valence-corrected chi connectivity index (χ3v) is 9.67. The number of aliphatic imine (C=N–C) groups is 2. The van der Waals surface area contributed by atoms with Gasteiger partial charge in [0.15, 0.2) is 0 Å². The van der Waals surface area contributed by atoms with Crippen molar-refractivity contribution >= 4 is 73.4 Å². The number of pyridine rings is 4. The maximum atomic E-state index is 5.16. The van der Waals surface area contributed by atoms with Crippen LogP contribution in [0.4, 0.5) is 11.4 Å². The number of nitrogens with zero attached hydrogens (tertiary/aromatic N) is 6. The van der Waals surface area contributed by atoms with Crippen molar-refractivity contribution in [3.63, 3.8) is 0 Å². The normalized spacial score (nSPS) is 10.8. The first-order chi connectivity index (χ1) is 26.1. The SMILES string of the molecule is CC(C)c1cc(-c2cc(C(C)C)c(N=CCc3cccc(-c4ccccn4)n3)c(C(C)C)c2)cc(C(C)C)c1N=CCc1cccc(-c2ccccn2)n1.Cl.Cl.Cl.Cl.[Fe].[Fe]. The average molecular weight is 971 g/mol. The molecule has 0 aliphatic heterocycles. The number of rotatable bonds is 13. The van der Waals surface area contributed by atoms with Crippen molar-refractivity contribution in [2.75, 3.05) is 0 Å². The van der Waals surface area contributed by atoms with Gasteiger partial charge in [0.2, 0.25) is 0 Å². The Morgan fingerprint density at radius 3 is 1.03 bits per heavy atom. The van der Waals surface area contributed by atoms with Gasteiger partial charge in [-0.3, -0.25) is 29.9 Å². The third-order valence-electron chi connectivity index (χ3n) is 9.67. The molecule has 4 aromatic heterocycles. The number of benzene rings is 2. The molecule has 0 aliphatic rings. The second kappa shape index (κ2) is 26.8. The molecule has 0 aliphatic carbocycles. The molecule has 6 aromatic rings. The minimum Gasteiger partial charge on any atom is -0.260 e. The van der Waals surface area contributed by atoms with Gasteiger partial charge in [-0.15, -0.1) is 49.6 Å². The van der Waals surface area contributed by atoms with Crippen LogP contribution in [0, 0.1) is 0 Å². The van der Waals surface area contributed by atoms with E-state index in [-0.39, 0.29) is 83.8 Å². The molecule has 0 amide bonds. The van der Waals surface area contributed by atoms with E-state index in [4.69, 9.17) is 20.0 Å². The van der Waals surface area contributed by atoms with Crippen molar-refractivity contribution in [3.8, 4) is 33.9 Å². The first-order valence-corrected chi connectivity index (χ1v) is 19.2. The topological polar surface area (TPSA) is 76.3 Å². The van der Waals surface area contributed by atoms with Crippen LogP contribution in [0.3, 0.4) is 0 Å². The molecule has 322 valence electrons. The zero-order chi connectivity index (χ0) is 38.2. The average Bonchev–Trinajstić information content (AvgIpc) is 3.18. The largest absolute Gasteiger partial charge is 0.260 e. The molecule has 0 atom stereocenters. The Kier molecular flexibility index (Phi) is 25.3. The molecule has 0 saturated carbocycles. The molecule has 0 N–H and O–H groups in total. The Morgan fingerprint density at radius 1 is 0.433 bits per heavy atom. The molecule has 0 radical (unpaired) electrons. The second-order valence-corrected chi connectivity index (χ2v) is 15.1. The van der Waals surface area contributed by atoms with Gasteiger partial charge < -0.3 is 0 Å². The van der Waals surface area contributed by atoms with E-state index in [0.29, 0.717) is 36.5 Å². The molecule has 60 heavy (non-hydrogen) atoms. The maximum Gasteiger partial charge on any atom is 0.0889 e. The predicted molar refractivity (Wildman–Crippen MR) is 256 cm³/mol. The fourth-order valence-electron chi connectivity index (χ4n) is 6.71. The van der Waals surface area contributed by atoms with Gasteiger partial charge in [-0.05, 0) is 130 Å². The number of hydrogen-bond acceptors (Lipinski definition) is 6. The standard InChI is InChI=1S/C48H52N6.4ClH.2Fe/c1-31(2)39-27-35(28-40(32(3)4)47(39)51-25-21-37-15-13-19-45(53-37)43-17-9-11-23-49-43)36-29-41(33(5)6)48(42(30-36)34(7)8)52-26-22-38-16-14-20-46(54-38)44-18-10-12-24-50-44;;;;;;/h9-20,23-34H,21-22H2,1-8H3;4*1H;;. The molecule has 12 heteroatoms. The van der Waals surface area contributed by atoms with E-state index in [1.165, 1.54) is 33.4 Å². The summed E-state index contributed by atoms with van der Waals surface area (Å²) < 4.78 is 0. The minimum absolute atomic E-state index is 0. The van der Waals surface area contributed by atoms with Gasteiger partial charge in [-0.2, -0.15) is 0 Å². The monoisotopic (exact) mass is 968 g/mol. The first-order valence-electron chi connectivity index (χ1n) is 19.2. The van der Waals surface area contributed by atoms with Crippen LogP contribution in [0.5, 0.6) is 0 Å². The van der Waals surface area contributed by atoms with Crippen LogP contribution in [0.25, 0.3) is 33.9 Å². The van der Waals surface area contributed by atoms with Crippen molar-refractivity contribution < 1.29 is 34.1 Å². The Bertz CT molecular complexity index is 2050. The summed E-state index contributed by atoms with van der Waals surface area (Å²) in [7, 11) is 0. The number of aromatic nitrogens is 4. The number of hydrogen-bond donors (Lipinski definition) is 0. The van der Waals surface area contributed by atoms with Crippen LogP contribution in [-0.4, -0.2) is 32.4 Å². The van der Waals surface area contributed by atoms with Crippen molar-refractivity contribution in [1.29, 1.82) is 0 Å². The molecule has 0 saturated heterocycles. The van der Waals surface area contributed by atoms with E-state index in [1.54, 1.807) is 12.4 Å². The van der Waals surface area contributed by atoms with Crippen molar-refractivity contribution in [3.05, 3.63) is 143 Å². The first kappa shape index (κ1) is 56.6. The summed E-state index contributed by atoms with van der Waals surface area (Å²) in [4.78, 5) is 29.0. The van der Waals surface area contributed by atoms with Gasteiger partial charge in [-0.25, -0.2) is 0 Å². The Labute approximate surface area is 403 Å². The maximum absolute atomic E-state index is 5.16. The second-order valence-electron chi connectivity index (χ2n) is 15.1. The summed E-state index contributed by atoms with van der Waals surface area (Å²) in [5, 5.41) is 0. The van der Waals surface area contributed by atoms with Gasteiger partial charge >= 0.3 is 0 Å². The fraction of sp³-hybridized carbons (Fsp3) is 0.292. The minimum atomic E-state index is 0. The van der Waals surface area contributed by atoms with Crippen LogP contribution >= 0.6 is 49.6 Å². The molecular formula is C48H56Cl4Fe2N6. The summed E-state index contributed by atoms with van der Waals surface area (Å²) in [6, 6.07) is 33.4. The van der Waals surface area contributed by atoms with Crippen molar-refractivity contribution in [2.24, 2.45) is 9.98 Å². The molecule has 0 fully saturated rings. The Balaban J connectivity index is 0.00000580. The summed E-state index contributed by atoms with van der Waals surface area (Å²) >= 11 is 0. The van der Waals surface area contributed by atoms with Crippen molar-refractivity contribution in [1.82, 2.24) is 19.9 Å². The van der Waals surface area contributed by atoms with E-state index in [9.17, 15) is 0 Å². The van der Waals surface area contributed by atoms with Gasteiger partial charge in [-0.1, -0.05) is 79.7 Å². The van der Waals surface area contributed by atoms with E-state index in [1.807, 2.05) is 73.1 Å². The zero-order valence-electron chi connectivity index (χ0n) is 35.3. The van der Waals surface area contributed by atoms with Crippen LogP contribution in [0.15, 0.2) is 119 Å². The summed E-state index contributed by atoms with van der Waals surface area (Å²) in [6.45, 7) is 18.1. The van der Waals surface area contributed by atoms with E-state index >= 15 is 0 Å². The molecule has 6 nitrogen and oxygen atoms in total. The fourth-order valence-corrected chi connectivity index (χ4v) is 6.71. The van der Waals surface area contributed by atoms with Gasteiger partial charge in [0.25, 0.3) is 0 Å². The number of halogens is 4. The van der Waals surface area contributed by atoms with E-state index < -0.39 is 0 Å². The van der Waals surface area contributed by atoms with Crippen LogP contribution < -0.4 is 0 Å². The molecule has 4 heterocycles. The Morgan fingerprint density at radius 2 is 0.750 bits per heavy atom.